The Hall–Kier alpha value is -1.82. The number of rotatable bonds is 7. The van der Waals surface area contributed by atoms with Crippen LogP contribution in [0, 0.1) is 6.92 Å². The van der Waals surface area contributed by atoms with Crippen molar-refractivity contribution in [3.05, 3.63) is 29.8 Å². The first-order chi connectivity index (χ1) is 11.0. The van der Waals surface area contributed by atoms with Crippen molar-refractivity contribution in [1.82, 2.24) is 20.1 Å². The number of hydrogen-bond donors (Lipinski definition) is 1. The second-order valence-electron chi connectivity index (χ2n) is 5.84. The number of amides is 1. The fourth-order valence-corrected chi connectivity index (χ4v) is 3.09. The number of nitrogens with one attached hydrogen (secondary N) is 1. The summed E-state index contributed by atoms with van der Waals surface area (Å²) in [6.45, 7) is 8.94. The maximum atomic E-state index is 11.8. The van der Waals surface area contributed by atoms with Crippen LogP contribution in [0.5, 0.6) is 0 Å². The second-order valence-corrected chi connectivity index (χ2v) is 6.78. The van der Waals surface area contributed by atoms with Gasteiger partial charge >= 0.3 is 0 Å². The van der Waals surface area contributed by atoms with Gasteiger partial charge in [0.15, 0.2) is 11.0 Å². The fraction of sp³-hybridized carbons (Fsp3) is 0.471. The Morgan fingerprint density at radius 1 is 1.35 bits per heavy atom. The Bertz CT molecular complexity index is 666. The summed E-state index contributed by atoms with van der Waals surface area (Å²) in [6.07, 6.45) is 0.989. The van der Waals surface area contributed by atoms with Gasteiger partial charge in [0.2, 0.25) is 5.91 Å². The Morgan fingerprint density at radius 2 is 2.13 bits per heavy atom. The number of nitrogens with zero attached hydrogens (tertiary/aromatic N) is 3. The average molecular weight is 332 g/mol. The molecule has 5 nitrogen and oxygen atoms in total. The maximum absolute atomic E-state index is 11.8. The van der Waals surface area contributed by atoms with Gasteiger partial charge in [-0.15, -0.1) is 10.2 Å². The van der Waals surface area contributed by atoms with Gasteiger partial charge in [0, 0.05) is 18.2 Å². The molecule has 0 bridgehead atoms. The predicted molar refractivity (Wildman–Crippen MR) is 94.5 cm³/mol. The van der Waals surface area contributed by atoms with Gasteiger partial charge < -0.3 is 9.88 Å². The molecular weight excluding hydrogens is 308 g/mol. The van der Waals surface area contributed by atoms with Gasteiger partial charge in [0.05, 0.1) is 5.75 Å². The van der Waals surface area contributed by atoms with E-state index >= 15 is 0 Å². The Balaban J connectivity index is 2.19. The lowest BCUT2D eigenvalue weighted by Gasteiger charge is -2.10. The van der Waals surface area contributed by atoms with Crippen LogP contribution in [0.1, 0.15) is 32.8 Å². The van der Waals surface area contributed by atoms with Gasteiger partial charge in [0.25, 0.3) is 0 Å². The lowest BCUT2D eigenvalue weighted by molar-refractivity contribution is -0.119. The standard InChI is InChI=1S/C17H24N4OS/c1-5-9-21-16(14-8-6-7-13(4)10-14)19-20-17(21)23-11-15(22)18-12(2)3/h6-8,10,12H,5,9,11H2,1-4H3,(H,18,22). The van der Waals surface area contributed by atoms with Crippen molar-refractivity contribution in [1.29, 1.82) is 0 Å². The number of thioether (sulfide) groups is 1. The van der Waals surface area contributed by atoms with E-state index in [1.165, 1.54) is 17.3 Å². The summed E-state index contributed by atoms with van der Waals surface area (Å²) >= 11 is 1.43. The van der Waals surface area contributed by atoms with Crippen LogP contribution in [0.15, 0.2) is 29.4 Å². The van der Waals surface area contributed by atoms with Crippen LogP contribution in [0.3, 0.4) is 0 Å². The SMILES string of the molecule is CCCn1c(SCC(=O)NC(C)C)nnc1-c1cccc(C)c1. The summed E-state index contributed by atoms with van der Waals surface area (Å²) < 4.78 is 2.10. The van der Waals surface area contributed by atoms with Gasteiger partial charge in [-0.05, 0) is 33.3 Å². The van der Waals surface area contributed by atoms with Crippen molar-refractivity contribution in [3.8, 4) is 11.4 Å². The first kappa shape index (κ1) is 17.5. The summed E-state index contributed by atoms with van der Waals surface area (Å²) in [7, 11) is 0. The monoisotopic (exact) mass is 332 g/mol. The molecule has 0 atom stereocenters. The van der Waals surface area contributed by atoms with E-state index in [1.54, 1.807) is 0 Å². The van der Waals surface area contributed by atoms with Crippen LogP contribution in [0.4, 0.5) is 0 Å². The molecule has 1 heterocycles. The number of aromatic nitrogens is 3. The summed E-state index contributed by atoms with van der Waals surface area (Å²) in [5.41, 5.74) is 2.25. The summed E-state index contributed by atoms with van der Waals surface area (Å²) in [4.78, 5) is 11.8. The molecule has 2 rings (SSSR count). The largest absolute Gasteiger partial charge is 0.353 e. The lowest BCUT2D eigenvalue weighted by atomic mass is 10.1. The van der Waals surface area contributed by atoms with Crippen LogP contribution in [0.25, 0.3) is 11.4 Å². The molecule has 124 valence electrons. The highest BCUT2D eigenvalue weighted by molar-refractivity contribution is 7.99. The lowest BCUT2D eigenvalue weighted by Crippen LogP contribution is -2.31. The van der Waals surface area contributed by atoms with Crippen LogP contribution in [-0.4, -0.2) is 32.5 Å². The van der Waals surface area contributed by atoms with E-state index in [0.717, 1.165) is 29.5 Å². The molecule has 0 spiro atoms. The molecule has 2 aromatic rings. The Labute approximate surface area is 141 Å². The molecule has 0 aliphatic heterocycles. The van der Waals surface area contributed by atoms with E-state index in [0.29, 0.717) is 5.75 Å². The van der Waals surface area contributed by atoms with Crippen molar-refractivity contribution in [2.24, 2.45) is 0 Å². The second kappa shape index (κ2) is 8.15. The molecule has 6 heteroatoms. The molecule has 0 fully saturated rings. The molecule has 0 saturated heterocycles. The van der Waals surface area contributed by atoms with E-state index < -0.39 is 0 Å². The number of benzene rings is 1. The highest BCUT2D eigenvalue weighted by Gasteiger charge is 2.15. The molecule has 0 aliphatic carbocycles. The van der Waals surface area contributed by atoms with E-state index in [-0.39, 0.29) is 11.9 Å². The number of aryl methyl sites for hydroxylation is 1. The third kappa shape index (κ3) is 4.82. The molecule has 1 aromatic heterocycles. The summed E-state index contributed by atoms with van der Waals surface area (Å²) in [5, 5.41) is 12.3. The zero-order valence-corrected chi connectivity index (χ0v) is 15.0. The molecule has 0 saturated carbocycles. The van der Waals surface area contributed by atoms with Crippen LogP contribution >= 0.6 is 11.8 Å². The van der Waals surface area contributed by atoms with Crippen LogP contribution < -0.4 is 5.32 Å². The average Bonchev–Trinajstić information content (AvgIpc) is 2.88. The highest BCUT2D eigenvalue weighted by atomic mass is 32.2. The molecule has 1 amide bonds. The zero-order chi connectivity index (χ0) is 16.8. The normalized spacial score (nSPS) is 11.0. The van der Waals surface area contributed by atoms with Crippen molar-refractivity contribution < 1.29 is 4.79 Å². The third-order valence-corrected chi connectivity index (χ3v) is 4.19. The predicted octanol–water partition coefficient (Wildman–Crippen LogP) is 3.28. The molecular formula is C17H24N4OS. The van der Waals surface area contributed by atoms with Crippen LogP contribution in [0.2, 0.25) is 0 Å². The topological polar surface area (TPSA) is 59.8 Å². The fourth-order valence-electron chi connectivity index (χ4n) is 2.31. The van der Waals surface area contributed by atoms with Crippen molar-refractivity contribution in [2.45, 2.75) is 51.9 Å². The minimum absolute atomic E-state index is 0.0214. The quantitative estimate of drug-likeness (QED) is 0.791. The highest BCUT2D eigenvalue weighted by Crippen LogP contribution is 2.24. The summed E-state index contributed by atoms with van der Waals surface area (Å²) in [6, 6.07) is 8.40. The summed E-state index contributed by atoms with van der Waals surface area (Å²) in [5.74, 6) is 1.24. The van der Waals surface area contributed by atoms with Gasteiger partial charge in [-0.1, -0.05) is 42.4 Å². The maximum Gasteiger partial charge on any atom is 0.230 e. The zero-order valence-electron chi connectivity index (χ0n) is 14.2. The van der Waals surface area contributed by atoms with Crippen molar-refractivity contribution in [2.75, 3.05) is 5.75 Å². The first-order valence-corrected chi connectivity index (χ1v) is 8.92. The van der Waals surface area contributed by atoms with Gasteiger partial charge in [-0.25, -0.2) is 0 Å². The van der Waals surface area contributed by atoms with E-state index in [1.807, 2.05) is 26.0 Å². The Morgan fingerprint density at radius 3 is 2.78 bits per heavy atom. The molecule has 0 radical (unpaired) electrons. The van der Waals surface area contributed by atoms with Crippen molar-refractivity contribution >= 4 is 17.7 Å². The minimum Gasteiger partial charge on any atom is -0.353 e. The molecule has 1 aromatic carbocycles. The van der Waals surface area contributed by atoms with E-state index in [4.69, 9.17) is 0 Å². The minimum atomic E-state index is 0.0214. The van der Waals surface area contributed by atoms with Crippen LogP contribution in [-0.2, 0) is 11.3 Å². The first-order valence-electron chi connectivity index (χ1n) is 7.93. The molecule has 1 N–H and O–H groups in total. The smallest absolute Gasteiger partial charge is 0.230 e. The van der Waals surface area contributed by atoms with Gasteiger partial charge in [-0.2, -0.15) is 0 Å². The molecule has 23 heavy (non-hydrogen) atoms. The van der Waals surface area contributed by atoms with E-state index in [9.17, 15) is 4.79 Å². The van der Waals surface area contributed by atoms with Gasteiger partial charge in [0.1, 0.15) is 0 Å². The van der Waals surface area contributed by atoms with Gasteiger partial charge in [-0.3, -0.25) is 4.79 Å². The molecule has 0 aliphatic rings. The van der Waals surface area contributed by atoms with E-state index in [2.05, 4.69) is 46.1 Å². The number of carbonyl (C=O) groups is 1. The number of hydrogen-bond acceptors (Lipinski definition) is 4. The molecule has 0 unspecified atom stereocenters. The Kier molecular flexibility index (Phi) is 6.21. The van der Waals surface area contributed by atoms with Crippen molar-refractivity contribution in [3.63, 3.8) is 0 Å². The number of carbonyl (C=O) groups excluding carboxylic acids is 1. The third-order valence-electron chi connectivity index (χ3n) is 3.22.